The van der Waals surface area contributed by atoms with Gasteiger partial charge in [0.15, 0.2) is 0 Å². The van der Waals surface area contributed by atoms with E-state index in [1.165, 1.54) is 12.1 Å². The predicted octanol–water partition coefficient (Wildman–Crippen LogP) is 1.63. The zero-order valence-corrected chi connectivity index (χ0v) is 10.1. The zero-order valence-electron chi connectivity index (χ0n) is 10.1. The molecule has 0 aromatic heterocycles. The Kier molecular flexibility index (Phi) is 3.97. The van der Waals surface area contributed by atoms with Crippen molar-refractivity contribution in [3.05, 3.63) is 29.6 Å². The number of benzene rings is 1. The normalized spacial score (nSPS) is 23.9. The number of nitrogens with one attached hydrogen (secondary N) is 1. The molecule has 17 heavy (non-hydrogen) atoms. The molecule has 2 rings (SSSR count). The van der Waals surface area contributed by atoms with Crippen molar-refractivity contribution < 1.29 is 9.13 Å². The second-order valence-electron chi connectivity index (χ2n) is 4.42. The molecular weight excluding hydrogens is 219 g/mol. The second kappa shape index (κ2) is 5.47. The topological polar surface area (TPSA) is 47.3 Å². The van der Waals surface area contributed by atoms with E-state index in [1.54, 1.807) is 7.11 Å². The van der Waals surface area contributed by atoms with Crippen LogP contribution in [0.4, 0.5) is 4.39 Å². The highest BCUT2D eigenvalue weighted by Crippen LogP contribution is 2.35. The molecular formula is C13H19FN2O. The first-order chi connectivity index (χ1) is 8.26. The van der Waals surface area contributed by atoms with Crippen molar-refractivity contribution in [2.24, 2.45) is 5.73 Å². The van der Waals surface area contributed by atoms with Crippen LogP contribution in [-0.2, 0) is 0 Å². The molecule has 1 aromatic rings. The van der Waals surface area contributed by atoms with E-state index in [-0.39, 0.29) is 5.82 Å². The van der Waals surface area contributed by atoms with Gasteiger partial charge in [0.1, 0.15) is 11.6 Å². The quantitative estimate of drug-likeness (QED) is 0.838. The van der Waals surface area contributed by atoms with Crippen LogP contribution < -0.4 is 15.8 Å². The van der Waals surface area contributed by atoms with Gasteiger partial charge in [-0.15, -0.1) is 0 Å². The number of hydrogen-bond acceptors (Lipinski definition) is 3. The van der Waals surface area contributed by atoms with Crippen molar-refractivity contribution in [2.75, 3.05) is 20.2 Å². The molecule has 0 saturated carbocycles. The van der Waals surface area contributed by atoms with Gasteiger partial charge in [-0.2, -0.15) is 0 Å². The molecule has 1 saturated heterocycles. The Bertz CT molecular complexity index is 384. The van der Waals surface area contributed by atoms with E-state index in [0.29, 0.717) is 24.3 Å². The Morgan fingerprint density at radius 2 is 2.35 bits per heavy atom. The Hall–Kier alpha value is -1.13. The lowest BCUT2D eigenvalue weighted by Crippen LogP contribution is -2.28. The molecule has 3 N–H and O–H groups in total. The van der Waals surface area contributed by atoms with Crippen LogP contribution in [0.15, 0.2) is 18.2 Å². The fraction of sp³-hybridized carbons (Fsp3) is 0.538. The van der Waals surface area contributed by atoms with Gasteiger partial charge in [-0.05, 0) is 37.6 Å². The van der Waals surface area contributed by atoms with E-state index in [0.717, 1.165) is 24.9 Å². The molecule has 1 heterocycles. The maximum Gasteiger partial charge on any atom is 0.126 e. The predicted molar refractivity (Wildman–Crippen MR) is 65.8 cm³/mol. The molecule has 0 bridgehead atoms. The Labute approximate surface area is 101 Å². The van der Waals surface area contributed by atoms with E-state index in [1.807, 2.05) is 6.07 Å². The summed E-state index contributed by atoms with van der Waals surface area (Å²) in [6.45, 7) is 1.65. The van der Waals surface area contributed by atoms with Gasteiger partial charge < -0.3 is 15.8 Å². The van der Waals surface area contributed by atoms with Gasteiger partial charge >= 0.3 is 0 Å². The van der Waals surface area contributed by atoms with Crippen LogP contribution in [0.3, 0.4) is 0 Å². The summed E-state index contributed by atoms with van der Waals surface area (Å²) in [5.41, 5.74) is 6.69. The van der Waals surface area contributed by atoms with Gasteiger partial charge in [0.25, 0.3) is 0 Å². The number of ether oxygens (including phenoxy) is 1. The lowest BCUT2D eigenvalue weighted by molar-refractivity contribution is 0.396. The number of hydrogen-bond donors (Lipinski definition) is 2. The van der Waals surface area contributed by atoms with Crippen LogP contribution in [0.1, 0.15) is 24.3 Å². The minimum absolute atomic E-state index is 0.257. The molecule has 1 aromatic carbocycles. The monoisotopic (exact) mass is 238 g/mol. The average molecular weight is 238 g/mol. The van der Waals surface area contributed by atoms with E-state index in [9.17, 15) is 4.39 Å². The van der Waals surface area contributed by atoms with Crippen molar-refractivity contribution in [1.29, 1.82) is 0 Å². The Morgan fingerprint density at radius 1 is 1.53 bits per heavy atom. The van der Waals surface area contributed by atoms with Crippen molar-refractivity contribution in [2.45, 2.75) is 24.8 Å². The summed E-state index contributed by atoms with van der Waals surface area (Å²) in [6.07, 6.45) is 1.98. The van der Waals surface area contributed by atoms with E-state index < -0.39 is 0 Å². The highest BCUT2D eigenvalue weighted by atomic mass is 19.1. The molecule has 4 heteroatoms. The highest BCUT2D eigenvalue weighted by Gasteiger charge is 2.29. The minimum Gasteiger partial charge on any atom is -0.496 e. The lowest BCUT2D eigenvalue weighted by Gasteiger charge is -2.21. The molecule has 94 valence electrons. The summed E-state index contributed by atoms with van der Waals surface area (Å²) in [5.74, 6) is 0.752. The third-order valence-electron chi connectivity index (χ3n) is 3.42. The van der Waals surface area contributed by atoms with Crippen LogP contribution in [0.2, 0.25) is 0 Å². The second-order valence-corrected chi connectivity index (χ2v) is 4.42. The van der Waals surface area contributed by atoms with Gasteiger partial charge in [-0.1, -0.05) is 6.07 Å². The van der Waals surface area contributed by atoms with Crippen LogP contribution in [0.5, 0.6) is 5.75 Å². The summed E-state index contributed by atoms with van der Waals surface area (Å²) in [6, 6.07) is 5.15. The van der Waals surface area contributed by atoms with Crippen LogP contribution in [-0.4, -0.2) is 26.2 Å². The van der Waals surface area contributed by atoms with E-state index >= 15 is 0 Å². The third kappa shape index (κ3) is 2.58. The van der Waals surface area contributed by atoms with Crippen LogP contribution >= 0.6 is 0 Å². The summed E-state index contributed by atoms with van der Waals surface area (Å²) in [4.78, 5) is 0. The first kappa shape index (κ1) is 12.3. The Morgan fingerprint density at radius 3 is 3.06 bits per heavy atom. The first-order valence-corrected chi connectivity index (χ1v) is 6.03. The molecule has 2 unspecified atom stereocenters. The van der Waals surface area contributed by atoms with Crippen molar-refractivity contribution in [3.8, 4) is 5.75 Å². The average Bonchev–Trinajstić information content (AvgIpc) is 2.77. The summed E-state index contributed by atoms with van der Waals surface area (Å²) in [7, 11) is 1.58. The summed E-state index contributed by atoms with van der Waals surface area (Å²) >= 11 is 0. The number of nitrogens with two attached hydrogens (primary N) is 1. The molecule has 1 fully saturated rings. The smallest absolute Gasteiger partial charge is 0.126 e. The SMILES string of the molecule is COc1cc(F)ccc1C1CCNC1CCN. The maximum atomic E-state index is 13.2. The van der Waals surface area contributed by atoms with Crippen LogP contribution in [0, 0.1) is 5.82 Å². The van der Waals surface area contributed by atoms with Crippen LogP contribution in [0.25, 0.3) is 0 Å². The van der Waals surface area contributed by atoms with Crippen molar-refractivity contribution >= 4 is 0 Å². The first-order valence-electron chi connectivity index (χ1n) is 6.03. The molecule has 0 amide bonds. The molecule has 0 aliphatic carbocycles. The van der Waals surface area contributed by atoms with Gasteiger partial charge in [0, 0.05) is 18.0 Å². The van der Waals surface area contributed by atoms with Crippen molar-refractivity contribution in [1.82, 2.24) is 5.32 Å². The van der Waals surface area contributed by atoms with Gasteiger partial charge in [-0.25, -0.2) is 4.39 Å². The molecule has 3 nitrogen and oxygen atoms in total. The van der Waals surface area contributed by atoms with Crippen molar-refractivity contribution in [3.63, 3.8) is 0 Å². The zero-order chi connectivity index (χ0) is 12.3. The maximum absolute atomic E-state index is 13.2. The molecule has 0 spiro atoms. The number of rotatable bonds is 4. The molecule has 2 atom stereocenters. The van der Waals surface area contributed by atoms with E-state index in [4.69, 9.17) is 10.5 Å². The fourth-order valence-corrected chi connectivity index (χ4v) is 2.61. The third-order valence-corrected chi connectivity index (χ3v) is 3.42. The Balaban J connectivity index is 2.26. The lowest BCUT2D eigenvalue weighted by atomic mass is 9.89. The number of methoxy groups -OCH3 is 1. The van der Waals surface area contributed by atoms with E-state index in [2.05, 4.69) is 5.32 Å². The summed E-state index contributed by atoms with van der Waals surface area (Å²) < 4.78 is 18.4. The fourth-order valence-electron chi connectivity index (χ4n) is 2.61. The largest absolute Gasteiger partial charge is 0.496 e. The standard InChI is InChI=1S/C13H19FN2O/c1-17-13-8-9(14)2-3-11(13)10-5-7-16-12(10)4-6-15/h2-3,8,10,12,16H,4-7,15H2,1H3. The van der Waals surface area contributed by atoms with Gasteiger partial charge in [0.2, 0.25) is 0 Å². The highest BCUT2D eigenvalue weighted by molar-refractivity contribution is 5.38. The summed E-state index contributed by atoms with van der Waals surface area (Å²) in [5, 5.41) is 3.44. The number of halogens is 1. The minimum atomic E-state index is -0.257. The molecule has 0 radical (unpaired) electrons. The van der Waals surface area contributed by atoms with Gasteiger partial charge in [0.05, 0.1) is 7.11 Å². The molecule has 1 aliphatic rings. The van der Waals surface area contributed by atoms with Gasteiger partial charge in [-0.3, -0.25) is 0 Å². The molecule has 1 aliphatic heterocycles.